The molecule has 3 amide bonds. The lowest BCUT2D eigenvalue weighted by molar-refractivity contribution is -0.140. The van der Waals surface area contributed by atoms with Gasteiger partial charge in [-0.3, -0.25) is 19.1 Å². The number of amides is 3. The van der Waals surface area contributed by atoms with E-state index in [9.17, 15) is 22.8 Å². The summed E-state index contributed by atoms with van der Waals surface area (Å²) in [5.41, 5.74) is -0.970. The first kappa shape index (κ1) is 32.2. The third-order valence-corrected chi connectivity index (χ3v) is 11.7. The second-order valence-corrected chi connectivity index (χ2v) is 16.3. The van der Waals surface area contributed by atoms with Gasteiger partial charge in [0.2, 0.25) is 27.7 Å². The third-order valence-electron chi connectivity index (χ3n) is 9.55. The van der Waals surface area contributed by atoms with Crippen LogP contribution in [0.5, 0.6) is 11.9 Å². The topological polar surface area (TPSA) is 157 Å². The number of carbonyl (C=O) groups excluding carboxylic acids is 3. The first-order chi connectivity index (χ1) is 20.6. The Morgan fingerprint density at radius 2 is 1.84 bits per heavy atom. The summed E-state index contributed by atoms with van der Waals surface area (Å²) in [6.45, 7) is 8.21. The molecule has 0 spiro atoms. The van der Waals surface area contributed by atoms with Gasteiger partial charge < -0.3 is 19.7 Å². The second kappa shape index (κ2) is 11.6. The number of hydrogen-bond acceptors (Lipinski definition) is 9. The van der Waals surface area contributed by atoms with Gasteiger partial charge >= 0.3 is 6.01 Å². The van der Waals surface area contributed by atoms with Gasteiger partial charge in [-0.1, -0.05) is 32.9 Å². The molecule has 44 heavy (non-hydrogen) atoms. The summed E-state index contributed by atoms with van der Waals surface area (Å²) in [6.07, 6.45) is 7.52. The Kier molecular flexibility index (Phi) is 8.49. The van der Waals surface area contributed by atoms with Crippen molar-refractivity contribution in [2.45, 2.75) is 101 Å². The number of ether oxygens (including phenoxy) is 2. The summed E-state index contributed by atoms with van der Waals surface area (Å²) < 4.78 is 38.7. The highest BCUT2D eigenvalue weighted by Crippen LogP contribution is 2.48. The van der Waals surface area contributed by atoms with Gasteiger partial charge in [-0.15, -0.1) is 0 Å². The molecule has 0 bridgehead atoms. The maximum Gasteiger partial charge on any atom is 0.319 e. The van der Waals surface area contributed by atoms with Crippen LogP contribution < -0.4 is 19.5 Å². The smallest absolute Gasteiger partial charge is 0.319 e. The molecule has 0 radical (unpaired) electrons. The summed E-state index contributed by atoms with van der Waals surface area (Å²) in [6, 6.07) is 1.91. The molecule has 0 aromatic carbocycles. The lowest BCUT2D eigenvalue weighted by Gasteiger charge is -2.27. The zero-order chi connectivity index (χ0) is 32.1. The molecule has 1 aromatic heterocycles. The molecule has 1 aromatic rings. The van der Waals surface area contributed by atoms with Gasteiger partial charge in [0, 0.05) is 31.0 Å². The Morgan fingerprint density at radius 3 is 2.50 bits per heavy atom. The normalized spacial score (nSPS) is 30.4. The Hall–Kier alpha value is -3.22. The lowest BCUT2D eigenvalue weighted by atomic mass is 9.92. The number of fused-ring (bicyclic) bond motifs is 2. The van der Waals surface area contributed by atoms with Crippen molar-refractivity contribution in [1.82, 2.24) is 24.9 Å². The summed E-state index contributed by atoms with van der Waals surface area (Å²) in [5.74, 6) is -2.86. The molecule has 2 heterocycles. The maximum atomic E-state index is 14.0. The van der Waals surface area contributed by atoms with Gasteiger partial charge in [0.1, 0.15) is 11.6 Å². The highest BCUT2D eigenvalue weighted by atomic mass is 32.2. The molecule has 5 atom stereocenters. The predicted molar refractivity (Wildman–Crippen MR) is 162 cm³/mol. The van der Waals surface area contributed by atoms with Gasteiger partial charge in [-0.2, -0.15) is 9.97 Å². The number of nitrogens with zero attached hydrogens (tertiary/aromatic N) is 3. The Balaban J connectivity index is 1.41. The van der Waals surface area contributed by atoms with Crippen LogP contribution in [-0.2, 0) is 29.8 Å². The van der Waals surface area contributed by atoms with Crippen molar-refractivity contribution in [2.75, 3.05) is 20.7 Å². The van der Waals surface area contributed by atoms with Gasteiger partial charge in [0.25, 0.3) is 5.91 Å². The van der Waals surface area contributed by atoms with E-state index < -0.39 is 50.1 Å². The fourth-order valence-electron chi connectivity index (χ4n) is 6.10. The maximum absolute atomic E-state index is 14.0. The van der Waals surface area contributed by atoms with E-state index in [4.69, 9.17) is 9.47 Å². The number of nitrogens with one attached hydrogen (secondary N) is 2. The number of sulfonamides is 1. The Morgan fingerprint density at radius 1 is 1.14 bits per heavy atom. The van der Waals surface area contributed by atoms with Crippen LogP contribution in [0.15, 0.2) is 18.2 Å². The minimum Gasteiger partial charge on any atom is -0.474 e. The average molecular weight is 632 g/mol. The van der Waals surface area contributed by atoms with Crippen molar-refractivity contribution in [3.05, 3.63) is 23.9 Å². The van der Waals surface area contributed by atoms with Crippen LogP contribution in [0, 0.1) is 17.8 Å². The first-order valence-corrected chi connectivity index (χ1v) is 17.0. The molecule has 3 fully saturated rings. The zero-order valence-electron chi connectivity index (χ0n) is 26.5. The van der Waals surface area contributed by atoms with Crippen LogP contribution in [-0.4, -0.2) is 78.1 Å². The fourth-order valence-corrected chi connectivity index (χ4v) is 7.41. The number of aromatic nitrogens is 2. The Labute approximate surface area is 259 Å². The third kappa shape index (κ3) is 6.43. The van der Waals surface area contributed by atoms with E-state index in [0.29, 0.717) is 25.3 Å². The van der Waals surface area contributed by atoms with Gasteiger partial charge in [-0.25, -0.2) is 8.42 Å². The average Bonchev–Trinajstić information content (AvgIpc) is 3.83. The first-order valence-electron chi connectivity index (χ1n) is 15.5. The molecule has 3 saturated carbocycles. The molecular weight excluding hydrogens is 586 g/mol. The number of carbonyl (C=O) groups is 3. The van der Waals surface area contributed by atoms with E-state index in [0.717, 1.165) is 25.0 Å². The quantitative estimate of drug-likeness (QED) is 0.451. The SMILES string of the molecule is COc1nc(O[C@@H]2C[C@H]3C(=O)N[C@]4(C(=O)NS(=O)(=O)C5(C)CC5)C[C@H]4C=CCCCCN(C)C(=O)[C@@H]3C2)cc(C(C)(C)C)n1. The Bertz CT molecular complexity index is 1450. The van der Waals surface area contributed by atoms with E-state index in [1.54, 1.807) is 24.9 Å². The monoisotopic (exact) mass is 631 g/mol. The van der Waals surface area contributed by atoms with Crippen LogP contribution in [0.2, 0.25) is 0 Å². The molecule has 13 heteroatoms. The molecule has 2 N–H and O–H groups in total. The van der Waals surface area contributed by atoms with Crippen LogP contribution in [0.3, 0.4) is 0 Å². The van der Waals surface area contributed by atoms with E-state index in [2.05, 4.69) is 20.0 Å². The fraction of sp³-hybridized carbons (Fsp3) is 0.710. The molecule has 0 unspecified atom stereocenters. The van der Waals surface area contributed by atoms with Crippen molar-refractivity contribution in [2.24, 2.45) is 17.8 Å². The lowest BCUT2D eigenvalue weighted by Crippen LogP contribution is -2.55. The van der Waals surface area contributed by atoms with Gasteiger partial charge in [0.15, 0.2) is 0 Å². The minimum atomic E-state index is -3.90. The van der Waals surface area contributed by atoms with Crippen molar-refractivity contribution >= 4 is 27.7 Å². The van der Waals surface area contributed by atoms with E-state index in [1.807, 2.05) is 32.9 Å². The number of rotatable bonds is 6. The molecule has 4 aliphatic rings. The zero-order valence-corrected chi connectivity index (χ0v) is 27.3. The van der Waals surface area contributed by atoms with Gasteiger partial charge in [-0.05, 0) is 58.3 Å². The highest BCUT2D eigenvalue weighted by Gasteiger charge is 2.63. The van der Waals surface area contributed by atoms with E-state index in [-0.39, 0.29) is 42.5 Å². The van der Waals surface area contributed by atoms with Crippen molar-refractivity contribution in [3.8, 4) is 11.9 Å². The number of allylic oxidation sites excluding steroid dienone is 1. The molecule has 12 nitrogen and oxygen atoms in total. The predicted octanol–water partition coefficient (Wildman–Crippen LogP) is 2.63. The molecular formula is C31H45N5O7S. The van der Waals surface area contributed by atoms with Crippen LogP contribution >= 0.6 is 0 Å². The molecule has 5 rings (SSSR count). The molecule has 242 valence electrons. The largest absolute Gasteiger partial charge is 0.474 e. The summed E-state index contributed by atoms with van der Waals surface area (Å²) in [4.78, 5) is 51.7. The summed E-state index contributed by atoms with van der Waals surface area (Å²) in [7, 11) is -0.679. The summed E-state index contributed by atoms with van der Waals surface area (Å²) in [5, 5.41) is 2.92. The van der Waals surface area contributed by atoms with Crippen molar-refractivity contribution in [3.63, 3.8) is 0 Å². The van der Waals surface area contributed by atoms with Crippen LogP contribution in [0.1, 0.15) is 84.8 Å². The number of methoxy groups -OCH3 is 1. The molecule has 1 aliphatic heterocycles. The summed E-state index contributed by atoms with van der Waals surface area (Å²) >= 11 is 0. The van der Waals surface area contributed by atoms with Crippen LogP contribution in [0.25, 0.3) is 0 Å². The van der Waals surface area contributed by atoms with Crippen molar-refractivity contribution < 1.29 is 32.3 Å². The minimum absolute atomic E-state index is 0.158. The highest BCUT2D eigenvalue weighted by molar-refractivity contribution is 7.91. The van der Waals surface area contributed by atoms with Crippen LogP contribution in [0.4, 0.5) is 0 Å². The van der Waals surface area contributed by atoms with E-state index in [1.165, 1.54) is 7.11 Å². The standard InChI is InChI=1S/C31H45N5O7S/c1-29(2,3)23-17-24(33-28(32-23)42-6)43-20-15-21-22(16-20)26(38)36(5)14-10-8-7-9-11-19-18-31(19,34-25(21)37)27(39)35-44(40,41)30(4)12-13-30/h9,11,17,19-22H,7-8,10,12-16,18H2,1-6H3,(H,34,37)(H,35,39)/t19-,20-,21-,22-,31-/m1/s1. The van der Waals surface area contributed by atoms with Crippen molar-refractivity contribution in [1.29, 1.82) is 0 Å². The number of hydrogen-bond donors (Lipinski definition) is 2. The van der Waals surface area contributed by atoms with Gasteiger partial charge in [0.05, 0.1) is 29.4 Å². The molecule has 3 aliphatic carbocycles. The molecule has 0 saturated heterocycles. The second-order valence-electron chi connectivity index (χ2n) is 14.1. The van der Waals surface area contributed by atoms with E-state index >= 15 is 0 Å².